The molecular weight excluding hydrogens is 330 g/mol. The molecule has 2 rings (SSSR count). The first kappa shape index (κ1) is 15.6. The number of rotatable bonds is 5. The minimum absolute atomic E-state index is 0.146. The number of benzene rings is 2. The highest BCUT2D eigenvalue weighted by atomic mass is 79.9. The number of amides is 1. The van der Waals surface area contributed by atoms with E-state index in [2.05, 4.69) is 28.2 Å². The van der Waals surface area contributed by atoms with E-state index in [1.807, 2.05) is 37.3 Å². The molecule has 0 aliphatic carbocycles. The number of aryl methyl sites for hydroxylation is 1. The number of halogens is 1. The average Bonchev–Trinajstić information content (AvgIpc) is 2.48. The molecule has 4 heteroatoms. The zero-order valence-electron chi connectivity index (χ0n) is 12.2. The number of nitrogens with one attached hydrogen (secondary N) is 1. The van der Waals surface area contributed by atoms with Crippen molar-refractivity contribution in [2.45, 2.75) is 20.3 Å². The first-order valence-corrected chi connectivity index (χ1v) is 7.70. The fourth-order valence-corrected chi connectivity index (χ4v) is 2.12. The Labute approximate surface area is 133 Å². The summed E-state index contributed by atoms with van der Waals surface area (Å²) in [4.78, 5) is 12.3. The molecule has 1 amide bonds. The van der Waals surface area contributed by atoms with Gasteiger partial charge in [-0.3, -0.25) is 4.79 Å². The topological polar surface area (TPSA) is 38.3 Å². The number of ether oxygens (including phenoxy) is 1. The maximum Gasteiger partial charge on any atom is 0.255 e. The SMILES string of the molecule is CCCOc1cc(C)ccc1NC(=O)c1ccc(Br)cc1. The molecule has 0 bridgehead atoms. The van der Waals surface area contributed by atoms with Crippen LogP contribution in [0.25, 0.3) is 0 Å². The van der Waals surface area contributed by atoms with E-state index in [0.29, 0.717) is 23.6 Å². The highest BCUT2D eigenvalue weighted by Gasteiger charge is 2.10. The lowest BCUT2D eigenvalue weighted by Crippen LogP contribution is -2.13. The van der Waals surface area contributed by atoms with E-state index in [1.165, 1.54) is 0 Å². The highest BCUT2D eigenvalue weighted by molar-refractivity contribution is 9.10. The van der Waals surface area contributed by atoms with Crippen LogP contribution in [0.4, 0.5) is 5.69 Å². The van der Waals surface area contributed by atoms with Crippen LogP contribution in [0.1, 0.15) is 29.3 Å². The van der Waals surface area contributed by atoms with Crippen LogP contribution < -0.4 is 10.1 Å². The van der Waals surface area contributed by atoms with E-state index >= 15 is 0 Å². The molecule has 0 saturated carbocycles. The zero-order valence-corrected chi connectivity index (χ0v) is 13.7. The third-order valence-electron chi connectivity index (χ3n) is 2.95. The fourth-order valence-electron chi connectivity index (χ4n) is 1.86. The lowest BCUT2D eigenvalue weighted by atomic mass is 10.2. The summed E-state index contributed by atoms with van der Waals surface area (Å²) in [6.45, 7) is 4.68. The molecule has 0 unspecified atom stereocenters. The van der Waals surface area contributed by atoms with Gasteiger partial charge in [-0.1, -0.05) is 28.9 Å². The third kappa shape index (κ3) is 4.33. The summed E-state index contributed by atoms with van der Waals surface area (Å²) in [5.41, 5.74) is 2.41. The van der Waals surface area contributed by atoms with Crippen molar-refractivity contribution in [2.75, 3.05) is 11.9 Å². The Balaban J connectivity index is 2.18. The van der Waals surface area contributed by atoms with Gasteiger partial charge < -0.3 is 10.1 Å². The van der Waals surface area contributed by atoms with Crippen LogP contribution in [-0.4, -0.2) is 12.5 Å². The van der Waals surface area contributed by atoms with Gasteiger partial charge in [0, 0.05) is 10.0 Å². The van der Waals surface area contributed by atoms with Crippen LogP contribution in [0, 0.1) is 6.92 Å². The van der Waals surface area contributed by atoms with E-state index < -0.39 is 0 Å². The molecule has 0 aliphatic rings. The Morgan fingerprint density at radius 2 is 1.90 bits per heavy atom. The molecule has 0 aromatic heterocycles. The zero-order chi connectivity index (χ0) is 15.2. The van der Waals surface area contributed by atoms with Crippen molar-refractivity contribution in [1.82, 2.24) is 0 Å². The Kier molecular flexibility index (Phi) is 5.39. The van der Waals surface area contributed by atoms with Crippen LogP contribution in [0.3, 0.4) is 0 Å². The molecule has 0 radical (unpaired) electrons. The molecule has 0 atom stereocenters. The van der Waals surface area contributed by atoms with Gasteiger partial charge in [0.2, 0.25) is 0 Å². The molecule has 1 N–H and O–H groups in total. The van der Waals surface area contributed by atoms with Gasteiger partial charge in [-0.15, -0.1) is 0 Å². The quantitative estimate of drug-likeness (QED) is 0.843. The van der Waals surface area contributed by atoms with Crippen molar-refractivity contribution in [3.63, 3.8) is 0 Å². The molecule has 3 nitrogen and oxygen atoms in total. The van der Waals surface area contributed by atoms with Gasteiger partial charge in [-0.2, -0.15) is 0 Å². The predicted molar refractivity (Wildman–Crippen MR) is 89.1 cm³/mol. The second-order valence-electron chi connectivity index (χ2n) is 4.81. The molecule has 2 aromatic carbocycles. The average molecular weight is 348 g/mol. The fraction of sp³-hybridized carbons (Fsp3) is 0.235. The first-order valence-electron chi connectivity index (χ1n) is 6.90. The van der Waals surface area contributed by atoms with Crippen molar-refractivity contribution >= 4 is 27.5 Å². The van der Waals surface area contributed by atoms with Gasteiger partial charge >= 0.3 is 0 Å². The van der Waals surface area contributed by atoms with Crippen LogP contribution in [0.2, 0.25) is 0 Å². The standard InChI is InChI=1S/C17H18BrNO2/c1-3-10-21-16-11-12(2)4-9-15(16)19-17(20)13-5-7-14(18)8-6-13/h4-9,11H,3,10H2,1-2H3,(H,19,20). The van der Waals surface area contributed by atoms with Crippen molar-refractivity contribution in [2.24, 2.45) is 0 Å². The normalized spacial score (nSPS) is 10.2. The predicted octanol–water partition coefficient (Wildman–Crippen LogP) is 4.80. The molecule has 110 valence electrons. The lowest BCUT2D eigenvalue weighted by molar-refractivity contribution is 0.102. The number of hydrogen-bond donors (Lipinski definition) is 1. The van der Waals surface area contributed by atoms with E-state index in [0.717, 1.165) is 16.5 Å². The summed E-state index contributed by atoms with van der Waals surface area (Å²) < 4.78 is 6.65. The summed E-state index contributed by atoms with van der Waals surface area (Å²) in [5.74, 6) is 0.565. The molecule has 21 heavy (non-hydrogen) atoms. The van der Waals surface area contributed by atoms with Crippen molar-refractivity contribution < 1.29 is 9.53 Å². The number of hydrogen-bond acceptors (Lipinski definition) is 2. The summed E-state index contributed by atoms with van der Waals surface area (Å²) in [7, 11) is 0. The Morgan fingerprint density at radius 1 is 1.19 bits per heavy atom. The maximum atomic E-state index is 12.3. The molecule has 0 fully saturated rings. The number of anilines is 1. The van der Waals surface area contributed by atoms with Gasteiger partial charge in [-0.25, -0.2) is 0 Å². The van der Waals surface area contributed by atoms with E-state index in [4.69, 9.17) is 4.74 Å². The summed E-state index contributed by atoms with van der Waals surface area (Å²) in [6.07, 6.45) is 0.925. The van der Waals surface area contributed by atoms with Crippen molar-refractivity contribution in [3.8, 4) is 5.75 Å². The first-order chi connectivity index (χ1) is 10.1. The number of carbonyl (C=O) groups is 1. The highest BCUT2D eigenvalue weighted by Crippen LogP contribution is 2.26. The molecule has 0 saturated heterocycles. The Morgan fingerprint density at radius 3 is 2.57 bits per heavy atom. The van der Waals surface area contributed by atoms with Crippen LogP contribution in [0.5, 0.6) is 5.75 Å². The van der Waals surface area contributed by atoms with Crippen LogP contribution in [-0.2, 0) is 0 Å². The molecular formula is C17H18BrNO2. The minimum atomic E-state index is -0.146. The molecule has 0 aliphatic heterocycles. The molecule has 0 spiro atoms. The van der Waals surface area contributed by atoms with Crippen molar-refractivity contribution in [1.29, 1.82) is 0 Å². The second kappa shape index (κ2) is 7.27. The Bertz CT molecular complexity index is 623. The van der Waals surface area contributed by atoms with Gasteiger partial charge in [0.25, 0.3) is 5.91 Å². The molecule has 0 heterocycles. The Hall–Kier alpha value is -1.81. The van der Waals surface area contributed by atoms with Gasteiger partial charge in [0.1, 0.15) is 5.75 Å². The summed E-state index contributed by atoms with van der Waals surface area (Å²) in [5, 5.41) is 2.90. The van der Waals surface area contributed by atoms with Crippen LogP contribution in [0.15, 0.2) is 46.9 Å². The largest absolute Gasteiger partial charge is 0.491 e. The van der Waals surface area contributed by atoms with E-state index in [1.54, 1.807) is 12.1 Å². The number of carbonyl (C=O) groups excluding carboxylic acids is 1. The maximum absolute atomic E-state index is 12.3. The minimum Gasteiger partial charge on any atom is -0.491 e. The molecule has 2 aromatic rings. The summed E-state index contributed by atoms with van der Waals surface area (Å²) >= 11 is 3.36. The van der Waals surface area contributed by atoms with Crippen molar-refractivity contribution in [3.05, 3.63) is 58.1 Å². The third-order valence-corrected chi connectivity index (χ3v) is 3.48. The van der Waals surface area contributed by atoms with Gasteiger partial charge in [0.05, 0.1) is 12.3 Å². The van der Waals surface area contributed by atoms with Gasteiger partial charge in [-0.05, 0) is 55.3 Å². The van der Waals surface area contributed by atoms with Gasteiger partial charge in [0.15, 0.2) is 0 Å². The van der Waals surface area contributed by atoms with Crippen LogP contribution >= 0.6 is 15.9 Å². The second-order valence-corrected chi connectivity index (χ2v) is 5.72. The summed E-state index contributed by atoms with van der Waals surface area (Å²) in [6, 6.07) is 13.0. The monoisotopic (exact) mass is 347 g/mol. The van der Waals surface area contributed by atoms with E-state index in [9.17, 15) is 4.79 Å². The smallest absolute Gasteiger partial charge is 0.255 e. The van der Waals surface area contributed by atoms with E-state index in [-0.39, 0.29) is 5.91 Å². The lowest BCUT2D eigenvalue weighted by Gasteiger charge is -2.13.